The topological polar surface area (TPSA) is 40.5 Å². The molecule has 1 heterocycles. The molecule has 0 saturated carbocycles. The number of phenols is 1. The lowest BCUT2D eigenvalue weighted by molar-refractivity contribution is -0.137. The van der Waals surface area contributed by atoms with E-state index in [0.717, 1.165) is 28.8 Å². The van der Waals surface area contributed by atoms with Crippen LogP contribution in [0.4, 0.5) is 18.9 Å². The average molecular weight is 450 g/mol. The van der Waals surface area contributed by atoms with E-state index in [1.165, 1.54) is 30.3 Å². The van der Waals surface area contributed by atoms with Crippen LogP contribution >= 0.6 is 47.2 Å². The fourth-order valence-corrected chi connectivity index (χ4v) is 4.13. The molecular weight excluding hydrogens is 442 g/mol. The molecule has 0 bridgehead atoms. The molecule has 10 heteroatoms. The number of halogens is 5. The number of carbonyl (C=O) groups is 1. The van der Waals surface area contributed by atoms with Crippen LogP contribution < -0.4 is 4.90 Å². The number of anilines is 1. The lowest BCUT2D eigenvalue weighted by Crippen LogP contribution is -2.27. The Hall–Kier alpha value is -1.74. The first-order valence-corrected chi connectivity index (χ1v) is 9.19. The van der Waals surface area contributed by atoms with E-state index >= 15 is 0 Å². The Morgan fingerprint density at radius 2 is 1.78 bits per heavy atom. The SMILES string of the molecule is O=C1C(=Cc2cc(Cl)c(O)c(Cl)c2)SC(=S)N1c1cccc(C(F)(F)F)c1. The normalized spacial score (nSPS) is 16.5. The maximum Gasteiger partial charge on any atom is 0.416 e. The molecule has 2 aromatic carbocycles. The van der Waals surface area contributed by atoms with Gasteiger partial charge in [0.05, 0.1) is 26.2 Å². The molecule has 27 heavy (non-hydrogen) atoms. The van der Waals surface area contributed by atoms with Crippen molar-refractivity contribution in [2.75, 3.05) is 4.90 Å². The minimum Gasteiger partial charge on any atom is -0.505 e. The van der Waals surface area contributed by atoms with Crippen LogP contribution in [0.15, 0.2) is 41.3 Å². The second-order valence-corrected chi connectivity index (χ2v) is 7.89. The fraction of sp³-hybridized carbons (Fsp3) is 0.0588. The Kier molecular flexibility index (Phi) is 5.45. The maximum atomic E-state index is 12.9. The Bertz CT molecular complexity index is 969. The summed E-state index contributed by atoms with van der Waals surface area (Å²) in [7, 11) is 0. The highest BCUT2D eigenvalue weighted by Gasteiger charge is 2.36. The highest BCUT2D eigenvalue weighted by atomic mass is 35.5. The van der Waals surface area contributed by atoms with Crippen LogP contribution in [0, 0.1) is 0 Å². The minimum atomic E-state index is -4.54. The van der Waals surface area contributed by atoms with Gasteiger partial charge in [-0.1, -0.05) is 53.2 Å². The molecule has 140 valence electrons. The molecule has 3 nitrogen and oxygen atoms in total. The van der Waals surface area contributed by atoms with Gasteiger partial charge in [0.1, 0.15) is 0 Å². The van der Waals surface area contributed by atoms with Gasteiger partial charge < -0.3 is 5.11 Å². The number of alkyl halides is 3. The summed E-state index contributed by atoms with van der Waals surface area (Å²) in [4.78, 5) is 13.9. The number of aromatic hydroxyl groups is 1. The van der Waals surface area contributed by atoms with Crippen LogP contribution in [0.1, 0.15) is 11.1 Å². The second-order valence-electron chi connectivity index (χ2n) is 5.40. The van der Waals surface area contributed by atoms with Crippen molar-refractivity contribution < 1.29 is 23.1 Å². The van der Waals surface area contributed by atoms with E-state index in [0.29, 0.717) is 5.56 Å². The van der Waals surface area contributed by atoms with Crippen LogP contribution in [0.3, 0.4) is 0 Å². The average Bonchev–Trinajstić information content (AvgIpc) is 2.85. The smallest absolute Gasteiger partial charge is 0.416 e. The molecule has 0 atom stereocenters. The van der Waals surface area contributed by atoms with Crippen molar-refractivity contribution in [3.8, 4) is 5.75 Å². The number of rotatable bonds is 2. The van der Waals surface area contributed by atoms with E-state index in [2.05, 4.69) is 0 Å². The number of thioether (sulfide) groups is 1. The second kappa shape index (κ2) is 7.35. The Morgan fingerprint density at radius 1 is 1.15 bits per heavy atom. The lowest BCUT2D eigenvalue weighted by atomic mass is 10.1. The summed E-state index contributed by atoms with van der Waals surface area (Å²) >= 11 is 17.8. The van der Waals surface area contributed by atoms with E-state index in [9.17, 15) is 23.1 Å². The zero-order chi connectivity index (χ0) is 19.9. The third-order valence-electron chi connectivity index (χ3n) is 3.56. The Balaban J connectivity index is 1.97. The predicted octanol–water partition coefficient (Wildman–Crippen LogP) is 6.12. The molecular formula is C17H8Cl2F3NO2S2. The van der Waals surface area contributed by atoms with Crippen LogP contribution in [-0.2, 0) is 11.0 Å². The predicted molar refractivity (Wildman–Crippen MR) is 105 cm³/mol. The number of amides is 1. The van der Waals surface area contributed by atoms with Crippen molar-refractivity contribution in [3.63, 3.8) is 0 Å². The van der Waals surface area contributed by atoms with Crippen molar-refractivity contribution in [1.82, 2.24) is 0 Å². The van der Waals surface area contributed by atoms with Gasteiger partial charge in [0, 0.05) is 0 Å². The van der Waals surface area contributed by atoms with Gasteiger partial charge >= 0.3 is 6.18 Å². The molecule has 1 saturated heterocycles. The van der Waals surface area contributed by atoms with Crippen LogP contribution in [0.2, 0.25) is 10.0 Å². The van der Waals surface area contributed by atoms with Gasteiger partial charge in [-0.05, 0) is 42.0 Å². The number of carbonyl (C=O) groups excluding carboxylic acids is 1. The molecule has 1 aliphatic heterocycles. The van der Waals surface area contributed by atoms with Crippen LogP contribution in [-0.4, -0.2) is 15.3 Å². The molecule has 1 aliphatic rings. The molecule has 1 N–H and O–H groups in total. The summed E-state index contributed by atoms with van der Waals surface area (Å²) in [6, 6.07) is 7.16. The summed E-state index contributed by atoms with van der Waals surface area (Å²) in [5.74, 6) is -0.850. The number of hydrogen-bond donors (Lipinski definition) is 1. The number of phenolic OH excluding ortho intramolecular Hbond substituents is 1. The zero-order valence-electron chi connectivity index (χ0n) is 13.1. The van der Waals surface area contributed by atoms with E-state index in [1.54, 1.807) is 0 Å². The summed E-state index contributed by atoms with van der Waals surface area (Å²) in [6.07, 6.45) is -3.09. The van der Waals surface area contributed by atoms with E-state index in [4.69, 9.17) is 35.4 Å². The van der Waals surface area contributed by atoms with Crippen molar-refractivity contribution in [2.45, 2.75) is 6.18 Å². The van der Waals surface area contributed by atoms with Crippen molar-refractivity contribution in [1.29, 1.82) is 0 Å². The molecule has 0 aliphatic carbocycles. The largest absolute Gasteiger partial charge is 0.505 e. The van der Waals surface area contributed by atoms with Crippen molar-refractivity contribution in [3.05, 3.63) is 62.5 Å². The quantitative estimate of drug-likeness (QED) is 0.442. The first kappa shape index (κ1) is 20.0. The molecule has 2 aromatic rings. The van der Waals surface area contributed by atoms with Gasteiger partial charge in [0.25, 0.3) is 5.91 Å². The summed E-state index contributed by atoms with van der Waals surface area (Å²) in [5, 5.41) is 9.59. The van der Waals surface area contributed by atoms with Gasteiger partial charge in [-0.15, -0.1) is 0 Å². The van der Waals surface area contributed by atoms with Gasteiger partial charge in [-0.3, -0.25) is 9.69 Å². The third kappa shape index (κ3) is 4.08. The molecule has 1 fully saturated rings. The molecule has 1 amide bonds. The first-order chi connectivity index (χ1) is 12.6. The lowest BCUT2D eigenvalue weighted by Gasteiger charge is -2.16. The summed E-state index contributed by atoms with van der Waals surface area (Å²) < 4.78 is 38.9. The standard InChI is InChI=1S/C17H8Cl2F3NO2S2/c18-11-4-8(5-12(19)14(11)24)6-13-15(25)23(16(26)27-13)10-3-1-2-9(7-10)17(20,21)22/h1-7,24H. The number of thiocarbonyl (C=S) groups is 1. The monoisotopic (exact) mass is 449 g/mol. The highest BCUT2D eigenvalue weighted by molar-refractivity contribution is 8.27. The van der Waals surface area contributed by atoms with Crippen LogP contribution in [0.25, 0.3) is 6.08 Å². The molecule has 3 rings (SSSR count). The van der Waals surface area contributed by atoms with Crippen molar-refractivity contribution in [2.24, 2.45) is 0 Å². The number of hydrogen-bond acceptors (Lipinski definition) is 4. The Morgan fingerprint density at radius 3 is 2.37 bits per heavy atom. The first-order valence-electron chi connectivity index (χ1n) is 7.21. The Labute approximate surface area is 171 Å². The summed E-state index contributed by atoms with van der Waals surface area (Å²) in [6.45, 7) is 0. The maximum absolute atomic E-state index is 12.9. The number of nitrogens with zero attached hydrogens (tertiary/aromatic N) is 1. The fourth-order valence-electron chi connectivity index (χ4n) is 2.33. The van der Waals surface area contributed by atoms with Gasteiger partial charge in [-0.2, -0.15) is 13.2 Å². The molecule has 0 aromatic heterocycles. The van der Waals surface area contributed by atoms with E-state index < -0.39 is 17.6 Å². The highest BCUT2D eigenvalue weighted by Crippen LogP contribution is 2.39. The minimum absolute atomic E-state index is 0.00195. The van der Waals surface area contributed by atoms with Gasteiger partial charge in [0.2, 0.25) is 0 Å². The molecule has 0 unspecified atom stereocenters. The van der Waals surface area contributed by atoms with E-state index in [-0.39, 0.29) is 30.7 Å². The van der Waals surface area contributed by atoms with Gasteiger partial charge in [-0.25, -0.2) is 0 Å². The molecule has 0 spiro atoms. The zero-order valence-corrected chi connectivity index (χ0v) is 16.2. The van der Waals surface area contributed by atoms with E-state index in [1.807, 2.05) is 0 Å². The van der Waals surface area contributed by atoms with Crippen molar-refractivity contribution >= 4 is 69.2 Å². The summed E-state index contributed by atoms with van der Waals surface area (Å²) in [5.41, 5.74) is -0.417. The van der Waals surface area contributed by atoms with Crippen LogP contribution in [0.5, 0.6) is 5.75 Å². The number of benzene rings is 2. The molecule has 0 radical (unpaired) electrons. The third-order valence-corrected chi connectivity index (χ3v) is 5.44. The van der Waals surface area contributed by atoms with Gasteiger partial charge in [0.15, 0.2) is 10.1 Å².